The van der Waals surface area contributed by atoms with Gasteiger partial charge in [-0.05, 0) is 57.9 Å². The van der Waals surface area contributed by atoms with E-state index in [0.717, 1.165) is 16.0 Å². The molecule has 0 saturated carbocycles. The fraction of sp³-hybridized carbons (Fsp3) is 0.381. The monoisotopic (exact) mass is 432 g/mol. The standard InChI is InChI=1S/C21H28N4O4S/c1-20(2,3)29-18(27)21(4,5)24-11-12-7-6-8-13(9-12)15-10-14(16(22)26)17(30-15)25-19(23)28/h6-10,24H,11H2,1-5H3,(H2,22,26)(H3,23,25,28). The number of nitrogens with one attached hydrogen (secondary N) is 2. The molecule has 0 aliphatic carbocycles. The van der Waals surface area contributed by atoms with Crippen LogP contribution in [0.1, 0.15) is 50.5 Å². The Morgan fingerprint density at radius 3 is 2.30 bits per heavy atom. The third-order valence-corrected chi connectivity index (χ3v) is 5.19. The van der Waals surface area contributed by atoms with Crippen LogP contribution >= 0.6 is 11.3 Å². The van der Waals surface area contributed by atoms with Crippen molar-refractivity contribution in [2.24, 2.45) is 11.5 Å². The maximum Gasteiger partial charge on any atom is 0.326 e. The molecule has 0 aliphatic heterocycles. The first kappa shape index (κ1) is 23.4. The Morgan fingerprint density at radius 1 is 1.07 bits per heavy atom. The molecule has 0 spiro atoms. The van der Waals surface area contributed by atoms with E-state index in [2.05, 4.69) is 10.6 Å². The van der Waals surface area contributed by atoms with Gasteiger partial charge in [-0.25, -0.2) is 4.79 Å². The van der Waals surface area contributed by atoms with E-state index in [1.807, 2.05) is 45.0 Å². The number of urea groups is 1. The zero-order valence-corrected chi connectivity index (χ0v) is 18.6. The van der Waals surface area contributed by atoms with Gasteiger partial charge in [0.25, 0.3) is 5.91 Å². The fourth-order valence-corrected chi connectivity index (χ4v) is 3.62. The van der Waals surface area contributed by atoms with Gasteiger partial charge in [-0.3, -0.25) is 20.2 Å². The Labute approximate surface area is 180 Å². The highest BCUT2D eigenvalue weighted by Crippen LogP contribution is 2.35. The number of primary amides is 2. The van der Waals surface area contributed by atoms with Crippen molar-refractivity contribution in [1.29, 1.82) is 0 Å². The predicted molar refractivity (Wildman–Crippen MR) is 118 cm³/mol. The van der Waals surface area contributed by atoms with Gasteiger partial charge < -0.3 is 16.2 Å². The molecule has 0 saturated heterocycles. The second kappa shape index (κ2) is 8.85. The molecule has 8 nitrogen and oxygen atoms in total. The highest BCUT2D eigenvalue weighted by Gasteiger charge is 2.32. The molecule has 2 rings (SSSR count). The molecule has 0 fully saturated rings. The minimum atomic E-state index is -0.871. The first-order chi connectivity index (χ1) is 13.8. The minimum Gasteiger partial charge on any atom is -0.459 e. The molecule has 6 N–H and O–H groups in total. The summed E-state index contributed by atoms with van der Waals surface area (Å²) in [4.78, 5) is 36.0. The number of nitrogens with two attached hydrogens (primary N) is 2. The molecule has 30 heavy (non-hydrogen) atoms. The van der Waals surface area contributed by atoms with Crippen LogP contribution in [0.5, 0.6) is 0 Å². The Balaban J connectivity index is 2.20. The third kappa shape index (κ3) is 6.30. The number of ether oxygens (including phenoxy) is 1. The van der Waals surface area contributed by atoms with E-state index in [9.17, 15) is 14.4 Å². The van der Waals surface area contributed by atoms with E-state index in [4.69, 9.17) is 16.2 Å². The summed E-state index contributed by atoms with van der Waals surface area (Å²) >= 11 is 1.21. The van der Waals surface area contributed by atoms with E-state index >= 15 is 0 Å². The highest BCUT2D eigenvalue weighted by molar-refractivity contribution is 7.20. The van der Waals surface area contributed by atoms with Crippen molar-refractivity contribution in [2.75, 3.05) is 5.32 Å². The molecule has 162 valence electrons. The third-order valence-electron chi connectivity index (χ3n) is 4.09. The van der Waals surface area contributed by atoms with E-state index in [0.29, 0.717) is 11.5 Å². The number of anilines is 1. The summed E-state index contributed by atoms with van der Waals surface area (Å²) < 4.78 is 5.47. The van der Waals surface area contributed by atoms with Crippen LogP contribution in [0.15, 0.2) is 30.3 Å². The summed E-state index contributed by atoms with van der Waals surface area (Å²) in [5.41, 5.74) is 11.1. The predicted octanol–water partition coefficient (Wildman–Crippen LogP) is 3.21. The number of rotatable bonds is 7. The van der Waals surface area contributed by atoms with Crippen molar-refractivity contribution < 1.29 is 19.1 Å². The molecule has 0 unspecified atom stereocenters. The maximum atomic E-state index is 12.4. The zero-order chi connectivity index (χ0) is 22.7. The summed E-state index contributed by atoms with van der Waals surface area (Å²) in [5, 5.41) is 5.95. The van der Waals surface area contributed by atoms with Crippen molar-refractivity contribution in [3.8, 4) is 10.4 Å². The van der Waals surface area contributed by atoms with E-state index in [-0.39, 0.29) is 11.5 Å². The number of benzene rings is 1. The summed E-state index contributed by atoms with van der Waals surface area (Å²) in [5.74, 6) is -0.990. The molecular weight excluding hydrogens is 404 g/mol. The first-order valence-electron chi connectivity index (χ1n) is 9.36. The number of esters is 1. The molecule has 9 heteroatoms. The summed E-state index contributed by atoms with van der Waals surface area (Å²) in [6.07, 6.45) is 0. The molecule has 0 bridgehead atoms. The Kier molecular flexibility index (Phi) is 6.89. The number of hydrogen-bond donors (Lipinski definition) is 4. The molecule has 2 aromatic rings. The van der Waals surface area contributed by atoms with Crippen LogP contribution in [0.25, 0.3) is 10.4 Å². The van der Waals surface area contributed by atoms with Gasteiger partial charge in [0.2, 0.25) is 0 Å². The van der Waals surface area contributed by atoms with Crippen molar-refractivity contribution in [2.45, 2.75) is 52.3 Å². The quantitative estimate of drug-likeness (QED) is 0.498. The SMILES string of the molecule is CC(C)(C)OC(=O)C(C)(C)NCc1cccc(-c2cc(C(N)=O)c(NC(N)=O)s2)c1. The zero-order valence-electron chi connectivity index (χ0n) is 17.8. The van der Waals surface area contributed by atoms with Gasteiger partial charge in [-0.2, -0.15) is 0 Å². The van der Waals surface area contributed by atoms with Gasteiger partial charge >= 0.3 is 12.0 Å². The summed E-state index contributed by atoms with van der Waals surface area (Å²) in [6.45, 7) is 9.45. The lowest BCUT2D eigenvalue weighted by Crippen LogP contribution is -2.49. The van der Waals surface area contributed by atoms with Crippen LogP contribution in [0, 0.1) is 0 Å². The summed E-state index contributed by atoms with van der Waals surface area (Å²) in [6, 6.07) is 8.46. The van der Waals surface area contributed by atoms with Crippen molar-refractivity contribution in [3.63, 3.8) is 0 Å². The van der Waals surface area contributed by atoms with Gasteiger partial charge in [0.05, 0.1) is 5.56 Å². The van der Waals surface area contributed by atoms with E-state index in [1.165, 1.54) is 11.3 Å². The smallest absolute Gasteiger partial charge is 0.326 e. The van der Waals surface area contributed by atoms with E-state index < -0.39 is 23.1 Å². The Morgan fingerprint density at radius 2 is 1.73 bits per heavy atom. The number of thiophene rings is 1. The average Bonchev–Trinajstić information content (AvgIpc) is 3.02. The van der Waals surface area contributed by atoms with Crippen molar-refractivity contribution in [3.05, 3.63) is 41.5 Å². The normalized spacial score (nSPS) is 11.8. The van der Waals surface area contributed by atoms with Crippen LogP contribution in [-0.4, -0.2) is 29.0 Å². The van der Waals surface area contributed by atoms with Crippen LogP contribution in [0.2, 0.25) is 0 Å². The lowest BCUT2D eigenvalue weighted by molar-refractivity contribution is -0.161. The lowest BCUT2D eigenvalue weighted by atomic mass is 10.0. The number of amides is 3. The molecule has 1 aromatic heterocycles. The molecule has 0 atom stereocenters. The number of hydrogen-bond acceptors (Lipinski definition) is 6. The van der Waals surface area contributed by atoms with Gasteiger partial charge in [-0.15, -0.1) is 11.3 Å². The molecular formula is C21H28N4O4S. The van der Waals surface area contributed by atoms with Gasteiger partial charge in [0, 0.05) is 11.4 Å². The fourth-order valence-electron chi connectivity index (χ4n) is 2.56. The number of carbonyl (C=O) groups excluding carboxylic acids is 3. The lowest BCUT2D eigenvalue weighted by Gasteiger charge is -2.29. The average molecular weight is 433 g/mol. The summed E-state index contributed by atoms with van der Waals surface area (Å²) in [7, 11) is 0. The van der Waals surface area contributed by atoms with Crippen LogP contribution in [0.4, 0.5) is 9.80 Å². The maximum absolute atomic E-state index is 12.4. The molecule has 1 heterocycles. The Bertz CT molecular complexity index is 960. The first-order valence-corrected chi connectivity index (χ1v) is 10.2. The molecule has 0 radical (unpaired) electrons. The van der Waals surface area contributed by atoms with Gasteiger partial charge in [0.1, 0.15) is 16.1 Å². The Hall–Kier alpha value is -2.91. The minimum absolute atomic E-state index is 0.198. The van der Waals surface area contributed by atoms with Crippen LogP contribution < -0.4 is 22.1 Å². The van der Waals surface area contributed by atoms with Crippen LogP contribution in [-0.2, 0) is 16.1 Å². The van der Waals surface area contributed by atoms with Gasteiger partial charge in [-0.1, -0.05) is 18.2 Å². The molecule has 3 amide bonds. The van der Waals surface area contributed by atoms with Crippen LogP contribution in [0.3, 0.4) is 0 Å². The van der Waals surface area contributed by atoms with Crippen molar-refractivity contribution in [1.82, 2.24) is 5.32 Å². The largest absolute Gasteiger partial charge is 0.459 e. The van der Waals surface area contributed by atoms with Crippen molar-refractivity contribution >= 4 is 34.2 Å². The van der Waals surface area contributed by atoms with E-state index in [1.54, 1.807) is 19.9 Å². The molecule has 0 aliphatic rings. The topological polar surface area (TPSA) is 137 Å². The molecule has 1 aromatic carbocycles. The highest BCUT2D eigenvalue weighted by atomic mass is 32.1. The second-order valence-electron chi connectivity index (χ2n) is 8.39. The van der Waals surface area contributed by atoms with Gasteiger partial charge in [0.15, 0.2) is 0 Å². The second-order valence-corrected chi connectivity index (χ2v) is 9.44. The number of carbonyl (C=O) groups is 3.